The van der Waals surface area contributed by atoms with Crippen molar-refractivity contribution in [1.29, 1.82) is 0 Å². The maximum atomic E-state index is 13.0. The number of amides is 2. The number of ether oxygens (including phenoxy) is 2. The van der Waals surface area contributed by atoms with Gasteiger partial charge in [0.05, 0.1) is 28.5 Å². The lowest BCUT2D eigenvalue weighted by molar-refractivity contribution is -0.385. The Kier molecular flexibility index (Phi) is 8.17. The van der Waals surface area contributed by atoms with Gasteiger partial charge in [-0.25, -0.2) is 0 Å². The van der Waals surface area contributed by atoms with E-state index in [4.69, 9.17) is 21.1 Å². The van der Waals surface area contributed by atoms with Crippen LogP contribution in [0, 0.1) is 10.1 Å². The maximum absolute atomic E-state index is 13.0. The third-order valence-electron chi connectivity index (χ3n) is 5.43. The van der Waals surface area contributed by atoms with Gasteiger partial charge >= 0.3 is 11.9 Å². The Balaban J connectivity index is 1.60. The largest absolute Gasteiger partial charge is 0.490 e. The molecule has 202 valence electrons. The minimum atomic E-state index is -4.77. The summed E-state index contributed by atoms with van der Waals surface area (Å²) in [4.78, 5) is 37.1. The average Bonchev–Trinajstić information content (AvgIpc) is 3.13. The molecule has 39 heavy (non-hydrogen) atoms. The smallest absolute Gasteiger partial charge is 0.416 e. The SMILES string of the molecule is CCOc1cc(/C=C2\SC(=O)N(Cc3ccccc3Cl)C2=O)ccc1Oc1ccc(C(F)(F)F)cc1[N+](=O)[O-]. The van der Waals surface area contributed by atoms with Gasteiger partial charge in [0.1, 0.15) is 0 Å². The zero-order chi connectivity index (χ0) is 28.3. The lowest BCUT2D eigenvalue weighted by Crippen LogP contribution is -2.27. The van der Waals surface area contributed by atoms with Gasteiger partial charge < -0.3 is 9.47 Å². The van der Waals surface area contributed by atoms with Gasteiger partial charge in [0.2, 0.25) is 5.75 Å². The van der Waals surface area contributed by atoms with Crippen LogP contribution in [0.5, 0.6) is 17.2 Å². The number of hydrogen-bond acceptors (Lipinski definition) is 7. The van der Waals surface area contributed by atoms with E-state index in [0.29, 0.717) is 28.3 Å². The fourth-order valence-corrected chi connectivity index (χ4v) is 4.63. The van der Waals surface area contributed by atoms with Crippen molar-refractivity contribution in [3.63, 3.8) is 0 Å². The summed E-state index contributed by atoms with van der Waals surface area (Å²) in [6, 6.07) is 13.2. The van der Waals surface area contributed by atoms with Gasteiger partial charge in [-0.15, -0.1) is 0 Å². The van der Waals surface area contributed by atoms with Crippen molar-refractivity contribution in [3.05, 3.63) is 97.4 Å². The molecular weight excluding hydrogens is 561 g/mol. The molecule has 0 N–H and O–H groups in total. The molecule has 13 heteroatoms. The molecule has 0 aromatic heterocycles. The minimum absolute atomic E-state index is 0.00341. The molecule has 1 aliphatic rings. The zero-order valence-corrected chi connectivity index (χ0v) is 21.6. The fraction of sp³-hybridized carbons (Fsp3) is 0.154. The van der Waals surface area contributed by atoms with Crippen molar-refractivity contribution >= 4 is 46.3 Å². The highest BCUT2D eigenvalue weighted by atomic mass is 35.5. The first-order valence-electron chi connectivity index (χ1n) is 11.3. The summed E-state index contributed by atoms with van der Waals surface area (Å²) >= 11 is 6.91. The first kappa shape index (κ1) is 28.0. The molecule has 1 saturated heterocycles. The van der Waals surface area contributed by atoms with E-state index in [1.807, 2.05) is 0 Å². The van der Waals surface area contributed by atoms with Gasteiger partial charge in [-0.05, 0) is 66.2 Å². The number of hydrogen-bond donors (Lipinski definition) is 0. The van der Waals surface area contributed by atoms with Crippen LogP contribution in [0.1, 0.15) is 23.6 Å². The molecule has 3 aromatic carbocycles. The summed E-state index contributed by atoms with van der Waals surface area (Å²) in [5.74, 6) is -0.801. The summed E-state index contributed by atoms with van der Waals surface area (Å²) in [5, 5.41) is 11.4. The van der Waals surface area contributed by atoms with Crippen molar-refractivity contribution in [2.75, 3.05) is 6.61 Å². The highest BCUT2D eigenvalue weighted by Crippen LogP contribution is 2.41. The van der Waals surface area contributed by atoms with E-state index in [2.05, 4.69) is 0 Å². The molecule has 3 aromatic rings. The predicted octanol–water partition coefficient (Wildman–Crippen LogP) is 7.69. The number of alkyl halides is 3. The first-order chi connectivity index (χ1) is 18.5. The van der Waals surface area contributed by atoms with Crippen LogP contribution in [-0.2, 0) is 17.5 Å². The van der Waals surface area contributed by atoms with Gasteiger partial charge in [0.15, 0.2) is 11.5 Å². The van der Waals surface area contributed by atoms with E-state index < -0.39 is 39.2 Å². The van der Waals surface area contributed by atoms with Crippen LogP contribution in [0.4, 0.5) is 23.7 Å². The third kappa shape index (κ3) is 6.35. The van der Waals surface area contributed by atoms with Crippen LogP contribution in [0.3, 0.4) is 0 Å². The van der Waals surface area contributed by atoms with Crippen molar-refractivity contribution in [3.8, 4) is 17.2 Å². The maximum Gasteiger partial charge on any atom is 0.416 e. The quantitative estimate of drug-likeness (QED) is 0.153. The number of nitrogens with zero attached hydrogens (tertiary/aromatic N) is 2. The van der Waals surface area contributed by atoms with Crippen LogP contribution in [0.25, 0.3) is 6.08 Å². The van der Waals surface area contributed by atoms with Crippen LogP contribution < -0.4 is 9.47 Å². The number of benzene rings is 3. The van der Waals surface area contributed by atoms with E-state index in [1.165, 1.54) is 24.3 Å². The Hall–Kier alpha value is -4.03. The monoisotopic (exact) mass is 578 g/mol. The number of carbonyl (C=O) groups excluding carboxylic acids is 2. The number of nitro benzene ring substituents is 1. The molecule has 1 fully saturated rings. The van der Waals surface area contributed by atoms with Crippen LogP contribution >= 0.6 is 23.4 Å². The van der Waals surface area contributed by atoms with Gasteiger partial charge in [-0.2, -0.15) is 13.2 Å². The Morgan fingerprint density at radius 1 is 1.05 bits per heavy atom. The zero-order valence-electron chi connectivity index (χ0n) is 20.0. The Labute approximate surface area is 229 Å². The molecule has 0 saturated carbocycles. The van der Waals surface area contributed by atoms with Crippen molar-refractivity contribution < 1.29 is 37.2 Å². The summed E-state index contributed by atoms with van der Waals surface area (Å²) in [6.07, 6.45) is -3.29. The number of thioether (sulfide) groups is 1. The molecule has 1 heterocycles. The van der Waals surface area contributed by atoms with Gasteiger partial charge in [-0.1, -0.05) is 35.9 Å². The number of imide groups is 1. The Bertz CT molecular complexity index is 1490. The molecule has 1 aliphatic heterocycles. The van der Waals surface area contributed by atoms with Gasteiger partial charge in [0, 0.05) is 11.1 Å². The highest BCUT2D eigenvalue weighted by molar-refractivity contribution is 8.18. The number of nitro groups is 1. The minimum Gasteiger partial charge on any atom is -0.490 e. The lowest BCUT2D eigenvalue weighted by Gasteiger charge is -2.14. The Morgan fingerprint density at radius 3 is 2.44 bits per heavy atom. The summed E-state index contributed by atoms with van der Waals surface area (Å²) in [6.45, 7) is 1.85. The predicted molar refractivity (Wildman–Crippen MR) is 139 cm³/mol. The van der Waals surface area contributed by atoms with E-state index in [9.17, 15) is 32.9 Å². The third-order valence-corrected chi connectivity index (χ3v) is 6.70. The summed E-state index contributed by atoms with van der Waals surface area (Å²) in [7, 11) is 0. The van der Waals surface area contributed by atoms with Crippen LogP contribution in [0.2, 0.25) is 5.02 Å². The van der Waals surface area contributed by atoms with Crippen molar-refractivity contribution in [1.82, 2.24) is 4.90 Å². The van der Waals surface area contributed by atoms with E-state index in [-0.39, 0.29) is 29.6 Å². The average molecular weight is 579 g/mol. The molecule has 0 bridgehead atoms. The van der Waals surface area contributed by atoms with Crippen LogP contribution in [0.15, 0.2) is 65.6 Å². The highest BCUT2D eigenvalue weighted by Gasteiger charge is 2.36. The number of rotatable bonds is 8. The van der Waals surface area contributed by atoms with Gasteiger partial charge in [-0.3, -0.25) is 24.6 Å². The second-order valence-electron chi connectivity index (χ2n) is 8.04. The topological polar surface area (TPSA) is 99.0 Å². The van der Waals surface area contributed by atoms with E-state index >= 15 is 0 Å². The second-order valence-corrected chi connectivity index (χ2v) is 9.44. The van der Waals surface area contributed by atoms with Crippen LogP contribution in [-0.4, -0.2) is 27.6 Å². The molecule has 0 spiro atoms. The number of carbonyl (C=O) groups is 2. The van der Waals surface area contributed by atoms with Crippen molar-refractivity contribution in [2.45, 2.75) is 19.6 Å². The molecule has 0 radical (unpaired) electrons. The molecule has 0 unspecified atom stereocenters. The fourth-order valence-electron chi connectivity index (χ4n) is 3.59. The summed E-state index contributed by atoms with van der Waals surface area (Å²) in [5.41, 5.74) is -0.995. The molecule has 0 atom stereocenters. The second kappa shape index (κ2) is 11.4. The molecular formula is C26H18ClF3N2O6S. The molecule has 8 nitrogen and oxygen atoms in total. The molecule has 4 rings (SSSR count). The van der Waals surface area contributed by atoms with E-state index in [1.54, 1.807) is 31.2 Å². The molecule has 0 aliphatic carbocycles. The summed E-state index contributed by atoms with van der Waals surface area (Å²) < 4.78 is 50.2. The Morgan fingerprint density at radius 2 is 1.77 bits per heavy atom. The van der Waals surface area contributed by atoms with E-state index in [0.717, 1.165) is 22.7 Å². The normalized spacial score (nSPS) is 14.7. The van der Waals surface area contributed by atoms with Gasteiger partial charge in [0.25, 0.3) is 11.1 Å². The molecule has 2 amide bonds. The number of halogens is 4. The van der Waals surface area contributed by atoms with Crippen molar-refractivity contribution in [2.24, 2.45) is 0 Å². The first-order valence-corrected chi connectivity index (χ1v) is 12.5. The standard InChI is InChI=1S/C26H18ClF3N2O6S/c1-2-37-22-11-15(12-23-24(33)31(25(34)39-23)14-16-5-3-4-6-18(16)27)7-9-21(22)38-20-10-8-17(26(28,29)30)13-19(20)32(35)36/h3-13H,2,14H2,1H3/b23-12-. The lowest BCUT2D eigenvalue weighted by atomic mass is 10.1.